The van der Waals surface area contributed by atoms with Crippen LogP contribution in [0.1, 0.15) is 19.8 Å². The summed E-state index contributed by atoms with van der Waals surface area (Å²) >= 11 is 0. The van der Waals surface area contributed by atoms with Crippen LogP contribution >= 0.6 is 9.24 Å². The molecule has 0 saturated heterocycles. The molecular weight excluding hydrogens is 102 g/mol. The van der Waals surface area contributed by atoms with Gasteiger partial charge in [0.05, 0.1) is 0 Å². The Kier molecular flexibility index (Phi) is 16.8. The summed E-state index contributed by atoms with van der Waals surface area (Å²) in [5, 5.41) is 0. The van der Waals surface area contributed by atoms with E-state index >= 15 is 0 Å². The Hall–Kier alpha value is 1.43. The van der Waals surface area contributed by atoms with E-state index in [-0.39, 0.29) is 29.6 Å². The van der Waals surface area contributed by atoms with Crippen LogP contribution in [0.5, 0.6) is 0 Å². The van der Waals surface area contributed by atoms with Crippen molar-refractivity contribution in [2.45, 2.75) is 19.8 Å². The summed E-state index contributed by atoms with van der Waals surface area (Å²) in [6.45, 7) is 2.20. The number of unbranched alkanes of at least 4 members (excludes halogenated alkanes) is 1. The van der Waals surface area contributed by atoms with Crippen molar-refractivity contribution in [1.29, 1.82) is 0 Å². The maximum atomic E-state index is 2.70. The molecule has 0 rings (SSSR count). The van der Waals surface area contributed by atoms with Crippen molar-refractivity contribution in [3.63, 3.8) is 0 Å². The fraction of sp³-hybridized carbons (Fsp3) is 1.00. The zero-order valence-electron chi connectivity index (χ0n) is 3.70. The fourth-order valence-electron chi connectivity index (χ4n) is 0.204. The van der Waals surface area contributed by atoms with Gasteiger partial charge in [-0.1, -0.05) is 19.8 Å². The molecular formula is C4H12NaP. The first kappa shape index (κ1) is 10.4. The second-order valence-corrected chi connectivity index (χ2v) is 1.72. The molecule has 6 heavy (non-hydrogen) atoms. The van der Waals surface area contributed by atoms with Crippen LogP contribution in [0.25, 0.3) is 0 Å². The van der Waals surface area contributed by atoms with Gasteiger partial charge in [0.25, 0.3) is 0 Å². The van der Waals surface area contributed by atoms with E-state index in [2.05, 4.69) is 16.2 Å². The summed E-state index contributed by atoms with van der Waals surface area (Å²) in [5.74, 6) is 0. The normalized spacial score (nSPS) is 7.00. The average molecular weight is 114 g/mol. The van der Waals surface area contributed by atoms with Crippen molar-refractivity contribution in [2.75, 3.05) is 6.16 Å². The molecule has 0 aromatic rings. The SMILES string of the molecule is CCCCP.[NaH]. The predicted octanol–water partition coefficient (Wildman–Crippen LogP) is 1.01. The molecule has 0 bridgehead atoms. The number of rotatable bonds is 2. The van der Waals surface area contributed by atoms with Crippen molar-refractivity contribution < 1.29 is 0 Å². The zero-order chi connectivity index (χ0) is 4.12. The first-order valence-electron chi connectivity index (χ1n) is 2.12. The van der Waals surface area contributed by atoms with Crippen LogP contribution in [-0.4, -0.2) is 35.7 Å². The molecule has 2 heteroatoms. The van der Waals surface area contributed by atoms with E-state index in [1.165, 1.54) is 19.0 Å². The van der Waals surface area contributed by atoms with Crippen LogP contribution in [0.2, 0.25) is 0 Å². The third-order valence-corrected chi connectivity index (χ3v) is 0.966. The van der Waals surface area contributed by atoms with E-state index in [0.29, 0.717) is 0 Å². The summed E-state index contributed by atoms with van der Waals surface area (Å²) < 4.78 is 0. The van der Waals surface area contributed by atoms with Gasteiger partial charge in [-0.3, -0.25) is 0 Å². The van der Waals surface area contributed by atoms with Crippen LogP contribution in [-0.2, 0) is 0 Å². The van der Waals surface area contributed by atoms with Crippen LogP contribution in [0, 0.1) is 0 Å². The first-order chi connectivity index (χ1) is 2.41. The van der Waals surface area contributed by atoms with Crippen molar-refractivity contribution in [1.82, 2.24) is 0 Å². The molecule has 0 nitrogen and oxygen atoms in total. The van der Waals surface area contributed by atoms with Crippen molar-refractivity contribution in [3.05, 3.63) is 0 Å². The molecule has 0 radical (unpaired) electrons. The summed E-state index contributed by atoms with van der Waals surface area (Å²) in [6.07, 6.45) is 3.94. The Morgan fingerprint density at radius 1 is 1.50 bits per heavy atom. The Morgan fingerprint density at radius 2 is 2.00 bits per heavy atom. The van der Waals surface area contributed by atoms with Gasteiger partial charge in [-0.05, 0) is 6.16 Å². The van der Waals surface area contributed by atoms with Gasteiger partial charge in [0.15, 0.2) is 0 Å². The third-order valence-electron chi connectivity index (χ3n) is 0.558. The van der Waals surface area contributed by atoms with Gasteiger partial charge in [-0.25, -0.2) is 0 Å². The Balaban J connectivity index is 0. The summed E-state index contributed by atoms with van der Waals surface area (Å²) in [4.78, 5) is 0. The second kappa shape index (κ2) is 9.66. The molecule has 1 unspecified atom stereocenters. The van der Waals surface area contributed by atoms with E-state index in [9.17, 15) is 0 Å². The van der Waals surface area contributed by atoms with Gasteiger partial charge in [-0.2, -0.15) is 0 Å². The molecule has 1 atom stereocenters. The topological polar surface area (TPSA) is 0 Å². The molecule has 0 aliphatic rings. The van der Waals surface area contributed by atoms with Gasteiger partial charge in [0.1, 0.15) is 0 Å². The first-order valence-corrected chi connectivity index (χ1v) is 2.93. The average Bonchev–Trinajstić information content (AvgIpc) is 1.41. The van der Waals surface area contributed by atoms with Crippen LogP contribution in [0.15, 0.2) is 0 Å². The van der Waals surface area contributed by atoms with Crippen molar-refractivity contribution >= 4 is 38.8 Å². The Labute approximate surface area is 64.6 Å². The Bertz CT molecular complexity index is 15.0. The second-order valence-electron chi connectivity index (χ2n) is 1.14. The van der Waals surface area contributed by atoms with Gasteiger partial charge in [0, 0.05) is 0 Å². The van der Waals surface area contributed by atoms with Crippen LogP contribution in [0.3, 0.4) is 0 Å². The number of hydrogen-bond donors (Lipinski definition) is 0. The van der Waals surface area contributed by atoms with Crippen molar-refractivity contribution in [3.8, 4) is 0 Å². The minimum absolute atomic E-state index is 0. The molecule has 0 amide bonds. The molecule has 0 saturated carbocycles. The monoisotopic (exact) mass is 114 g/mol. The fourth-order valence-corrected chi connectivity index (χ4v) is 0.612. The van der Waals surface area contributed by atoms with Crippen LogP contribution < -0.4 is 0 Å². The van der Waals surface area contributed by atoms with Gasteiger partial charge >= 0.3 is 29.6 Å². The summed E-state index contributed by atoms with van der Waals surface area (Å²) in [5.41, 5.74) is 0. The Morgan fingerprint density at radius 3 is 2.00 bits per heavy atom. The minimum atomic E-state index is 0. The summed E-state index contributed by atoms with van der Waals surface area (Å²) in [7, 11) is 2.70. The van der Waals surface area contributed by atoms with Crippen LogP contribution in [0.4, 0.5) is 0 Å². The van der Waals surface area contributed by atoms with Crippen molar-refractivity contribution in [2.24, 2.45) is 0 Å². The van der Waals surface area contributed by atoms with Gasteiger partial charge in [0.2, 0.25) is 0 Å². The predicted molar refractivity (Wildman–Crippen MR) is 36.6 cm³/mol. The third kappa shape index (κ3) is 9.06. The molecule has 0 N–H and O–H groups in total. The van der Waals surface area contributed by atoms with E-state index in [4.69, 9.17) is 0 Å². The standard InChI is InChI=1S/C4H11P.Na.H/c1-2-3-4-5;;/h2-5H2,1H3;;. The van der Waals surface area contributed by atoms with E-state index in [1.807, 2.05) is 0 Å². The number of hydrogen-bond acceptors (Lipinski definition) is 0. The molecule has 0 aromatic heterocycles. The molecule has 34 valence electrons. The quantitative estimate of drug-likeness (QED) is 0.371. The van der Waals surface area contributed by atoms with E-state index < -0.39 is 0 Å². The molecule has 0 spiro atoms. The zero-order valence-corrected chi connectivity index (χ0v) is 4.85. The molecule has 0 aliphatic heterocycles. The van der Waals surface area contributed by atoms with Gasteiger partial charge < -0.3 is 0 Å². The van der Waals surface area contributed by atoms with E-state index in [0.717, 1.165) is 0 Å². The maximum absolute atomic E-state index is 2.70. The molecule has 0 fully saturated rings. The molecule has 0 heterocycles. The summed E-state index contributed by atoms with van der Waals surface area (Å²) in [6, 6.07) is 0. The molecule has 0 aromatic carbocycles. The molecule has 0 aliphatic carbocycles. The van der Waals surface area contributed by atoms with E-state index in [1.54, 1.807) is 0 Å². The van der Waals surface area contributed by atoms with Gasteiger partial charge in [-0.15, -0.1) is 9.24 Å².